The average Bonchev–Trinajstić information content (AvgIpc) is 2.89. The van der Waals surface area contributed by atoms with Gasteiger partial charge < -0.3 is 9.67 Å². The first-order chi connectivity index (χ1) is 12.4. The molecule has 3 rings (SSSR count). The molecule has 0 spiro atoms. The van der Waals surface area contributed by atoms with Crippen LogP contribution in [0.3, 0.4) is 0 Å². The minimum Gasteiger partial charge on any atom is -0.478 e. The van der Waals surface area contributed by atoms with Gasteiger partial charge in [-0.2, -0.15) is 0 Å². The number of aryl methyl sites for hydroxylation is 1. The number of aromatic nitrogens is 1. The van der Waals surface area contributed by atoms with Crippen LogP contribution in [0.2, 0.25) is 5.02 Å². The molecule has 0 atom stereocenters. The second kappa shape index (κ2) is 7.48. The van der Waals surface area contributed by atoms with Crippen LogP contribution in [0.15, 0.2) is 58.0 Å². The number of nitrogens with zero attached hydrogens (tertiary/aromatic N) is 2. The Morgan fingerprint density at radius 2 is 1.85 bits per heavy atom. The molecule has 0 saturated carbocycles. The molecule has 3 aromatic rings. The van der Waals surface area contributed by atoms with E-state index in [0.29, 0.717) is 5.69 Å². The maximum Gasteiger partial charge on any atom is 0.337 e. The van der Waals surface area contributed by atoms with Gasteiger partial charge in [0.15, 0.2) is 0 Å². The second-order valence-electron chi connectivity index (χ2n) is 5.87. The van der Waals surface area contributed by atoms with Crippen molar-refractivity contribution in [2.24, 2.45) is 4.99 Å². The third-order valence-corrected chi connectivity index (χ3v) is 4.95. The van der Waals surface area contributed by atoms with E-state index in [-0.39, 0.29) is 10.6 Å². The van der Waals surface area contributed by atoms with Crippen LogP contribution in [0.4, 0.5) is 5.69 Å². The Kier molecular flexibility index (Phi) is 5.30. The molecule has 0 unspecified atom stereocenters. The van der Waals surface area contributed by atoms with E-state index in [4.69, 9.17) is 16.7 Å². The predicted octanol–water partition coefficient (Wildman–Crippen LogP) is 5.96. The minimum absolute atomic E-state index is 0.0432. The van der Waals surface area contributed by atoms with Gasteiger partial charge in [0.25, 0.3) is 0 Å². The highest BCUT2D eigenvalue weighted by Gasteiger charge is 2.11. The van der Waals surface area contributed by atoms with Crippen molar-refractivity contribution in [3.63, 3.8) is 0 Å². The normalized spacial score (nSPS) is 11.2. The van der Waals surface area contributed by atoms with Gasteiger partial charge in [-0.3, -0.25) is 4.99 Å². The van der Waals surface area contributed by atoms with Gasteiger partial charge in [-0.05, 0) is 62.4 Å². The predicted molar refractivity (Wildman–Crippen MR) is 109 cm³/mol. The van der Waals surface area contributed by atoms with Crippen molar-refractivity contribution < 1.29 is 9.90 Å². The summed E-state index contributed by atoms with van der Waals surface area (Å²) in [4.78, 5) is 15.6. The highest BCUT2D eigenvalue weighted by Crippen LogP contribution is 2.24. The summed E-state index contributed by atoms with van der Waals surface area (Å²) >= 11 is 9.35. The van der Waals surface area contributed by atoms with Crippen LogP contribution in [-0.2, 0) is 0 Å². The lowest BCUT2D eigenvalue weighted by atomic mass is 10.2. The van der Waals surface area contributed by atoms with E-state index in [0.717, 1.165) is 27.1 Å². The molecular formula is C20H16BrClN2O2. The number of aliphatic imine (C=N–C) groups is 1. The third-order valence-electron chi connectivity index (χ3n) is 4.09. The van der Waals surface area contributed by atoms with Gasteiger partial charge in [0, 0.05) is 33.3 Å². The van der Waals surface area contributed by atoms with Crippen molar-refractivity contribution in [3.05, 3.63) is 80.5 Å². The van der Waals surface area contributed by atoms with Crippen molar-refractivity contribution in [1.82, 2.24) is 4.57 Å². The van der Waals surface area contributed by atoms with Crippen LogP contribution in [0.5, 0.6) is 0 Å². The smallest absolute Gasteiger partial charge is 0.337 e. The summed E-state index contributed by atoms with van der Waals surface area (Å²) < 4.78 is 3.18. The molecule has 1 N–H and O–H groups in total. The van der Waals surface area contributed by atoms with Crippen LogP contribution >= 0.6 is 27.5 Å². The van der Waals surface area contributed by atoms with Crippen LogP contribution in [-0.4, -0.2) is 21.9 Å². The summed E-state index contributed by atoms with van der Waals surface area (Å²) in [6, 6.07) is 14.9. The first-order valence-corrected chi connectivity index (χ1v) is 9.05. The minimum atomic E-state index is -1.07. The molecule has 0 aliphatic carbocycles. The first-order valence-electron chi connectivity index (χ1n) is 7.88. The molecule has 26 heavy (non-hydrogen) atoms. The third kappa shape index (κ3) is 3.74. The van der Waals surface area contributed by atoms with Crippen LogP contribution in [0.1, 0.15) is 27.3 Å². The van der Waals surface area contributed by atoms with Gasteiger partial charge in [0.2, 0.25) is 0 Å². The van der Waals surface area contributed by atoms with E-state index in [9.17, 15) is 4.79 Å². The summed E-state index contributed by atoms with van der Waals surface area (Å²) in [5.41, 5.74) is 4.77. The molecular weight excluding hydrogens is 416 g/mol. The number of carboxylic acids is 1. The monoisotopic (exact) mass is 430 g/mol. The molecule has 0 aliphatic rings. The Hall–Kier alpha value is -2.37. The van der Waals surface area contributed by atoms with Gasteiger partial charge in [-0.15, -0.1) is 0 Å². The fourth-order valence-electron chi connectivity index (χ4n) is 2.81. The Bertz CT molecular complexity index is 1010. The molecule has 0 aliphatic heterocycles. The Morgan fingerprint density at radius 1 is 1.15 bits per heavy atom. The Morgan fingerprint density at radius 3 is 2.50 bits per heavy atom. The second-order valence-corrected chi connectivity index (χ2v) is 7.19. The largest absolute Gasteiger partial charge is 0.478 e. The summed E-state index contributed by atoms with van der Waals surface area (Å²) in [7, 11) is 0. The number of hydrogen-bond acceptors (Lipinski definition) is 2. The molecule has 1 heterocycles. The Labute approximate surface area is 164 Å². The van der Waals surface area contributed by atoms with Crippen molar-refractivity contribution >= 4 is 45.4 Å². The molecule has 2 aromatic carbocycles. The molecule has 0 radical (unpaired) electrons. The standard InChI is InChI=1S/C20H16BrClN2O2/c1-12-9-14(13(2)24(12)17-6-3-15(21)4-7-17)11-23-16-5-8-19(22)18(10-16)20(25)26/h3-11H,1-2H3,(H,25,26). The van der Waals surface area contributed by atoms with Gasteiger partial charge in [-0.1, -0.05) is 27.5 Å². The lowest BCUT2D eigenvalue weighted by molar-refractivity contribution is 0.0697. The lowest BCUT2D eigenvalue weighted by Gasteiger charge is -2.09. The summed E-state index contributed by atoms with van der Waals surface area (Å²) in [5.74, 6) is -1.07. The molecule has 0 bridgehead atoms. The molecule has 0 amide bonds. The zero-order valence-corrected chi connectivity index (χ0v) is 16.5. The first kappa shape index (κ1) is 18.4. The maximum atomic E-state index is 11.2. The highest BCUT2D eigenvalue weighted by atomic mass is 79.9. The number of carboxylic acid groups (broad SMARTS) is 1. The number of benzene rings is 2. The van der Waals surface area contributed by atoms with E-state index in [1.165, 1.54) is 6.07 Å². The summed E-state index contributed by atoms with van der Waals surface area (Å²) in [6.45, 7) is 4.07. The average molecular weight is 432 g/mol. The SMILES string of the molecule is Cc1cc(C=Nc2ccc(Cl)c(C(=O)O)c2)c(C)n1-c1ccc(Br)cc1. The molecule has 6 heteroatoms. The maximum absolute atomic E-state index is 11.2. The fraction of sp³-hybridized carbons (Fsp3) is 0.100. The fourth-order valence-corrected chi connectivity index (χ4v) is 3.27. The van der Waals surface area contributed by atoms with Crippen molar-refractivity contribution in [2.75, 3.05) is 0 Å². The van der Waals surface area contributed by atoms with E-state index in [2.05, 4.69) is 31.6 Å². The number of halogens is 2. The summed E-state index contributed by atoms with van der Waals surface area (Å²) in [5, 5.41) is 9.36. The van der Waals surface area contributed by atoms with Gasteiger partial charge in [0.1, 0.15) is 0 Å². The lowest BCUT2D eigenvalue weighted by Crippen LogP contribution is -1.99. The zero-order valence-electron chi connectivity index (χ0n) is 14.2. The molecule has 0 fully saturated rings. The number of aromatic carboxylic acids is 1. The molecule has 0 saturated heterocycles. The van der Waals surface area contributed by atoms with E-state index in [1.54, 1.807) is 18.3 Å². The summed E-state index contributed by atoms with van der Waals surface area (Å²) in [6.07, 6.45) is 1.74. The quantitative estimate of drug-likeness (QED) is 0.518. The van der Waals surface area contributed by atoms with Gasteiger partial charge in [0.05, 0.1) is 16.3 Å². The van der Waals surface area contributed by atoms with Gasteiger partial charge in [-0.25, -0.2) is 4.79 Å². The highest BCUT2D eigenvalue weighted by molar-refractivity contribution is 9.10. The van der Waals surface area contributed by atoms with Gasteiger partial charge >= 0.3 is 5.97 Å². The van der Waals surface area contributed by atoms with Crippen LogP contribution < -0.4 is 0 Å². The van der Waals surface area contributed by atoms with Crippen LogP contribution in [0.25, 0.3) is 5.69 Å². The van der Waals surface area contributed by atoms with Crippen molar-refractivity contribution in [2.45, 2.75) is 13.8 Å². The zero-order chi connectivity index (χ0) is 18.8. The van der Waals surface area contributed by atoms with E-state index in [1.807, 2.05) is 38.1 Å². The van der Waals surface area contributed by atoms with Crippen molar-refractivity contribution in [3.8, 4) is 5.69 Å². The van der Waals surface area contributed by atoms with E-state index < -0.39 is 5.97 Å². The van der Waals surface area contributed by atoms with E-state index >= 15 is 0 Å². The van der Waals surface area contributed by atoms with Crippen LogP contribution in [0, 0.1) is 13.8 Å². The number of carbonyl (C=O) groups is 1. The number of rotatable bonds is 4. The van der Waals surface area contributed by atoms with Crippen molar-refractivity contribution in [1.29, 1.82) is 0 Å². The number of hydrogen-bond donors (Lipinski definition) is 1. The topological polar surface area (TPSA) is 54.6 Å². The molecule has 1 aromatic heterocycles. The Balaban J connectivity index is 1.95. The molecule has 4 nitrogen and oxygen atoms in total. The molecule has 132 valence electrons.